The molecular formula is C18H26N6. The van der Waals surface area contributed by atoms with Crippen LogP contribution in [0, 0.1) is 20.8 Å². The van der Waals surface area contributed by atoms with Gasteiger partial charge in [0.1, 0.15) is 5.82 Å². The summed E-state index contributed by atoms with van der Waals surface area (Å²) in [6.45, 7) is 9.53. The lowest BCUT2D eigenvalue weighted by molar-refractivity contribution is 0.134. The van der Waals surface area contributed by atoms with E-state index in [0.29, 0.717) is 11.5 Å². The van der Waals surface area contributed by atoms with Gasteiger partial charge in [0.05, 0.1) is 5.69 Å². The molecule has 128 valence electrons. The standard InChI is InChI=1S/C18H26N6/c1-13-12-16(20-17(19-13)24-15(3)11-14(2)21-24)23-10-7-18(23)5-8-22(4)9-6-18/h11-12H,5-10H2,1-4H3. The molecule has 0 saturated carbocycles. The number of aryl methyl sites for hydroxylation is 3. The van der Waals surface area contributed by atoms with Crippen LogP contribution >= 0.6 is 0 Å². The van der Waals surface area contributed by atoms with Crippen LogP contribution in [0.3, 0.4) is 0 Å². The Morgan fingerprint density at radius 1 is 0.917 bits per heavy atom. The summed E-state index contributed by atoms with van der Waals surface area (Å²) in [5.41, 5.74) is 3.37. The van der Waals surface area contributed by atoms with Crippen molar-refractivity contribution in [2.45, 2.75) is 45.6 Å². The van der Waals surface area contributed by atoms with Crippen LogP contribution in [0.25, 0.3) is 5.95 Å². The second-order valence-electron chi connectivity index (χ2n) is 7.44. The first kappa shape index (κ1) is 15.6. The van der Waals surface area contributed by atoms with Crippen LogP contribution in [0.15, 0.2) is 12.1 Å². The number of likely N-dealkylation sites (tertiary alicyclic amines) is 1. The van der Waals surface area contributed by atoms with E-state index in [1.54, 1.807) is 0 Å². The van der Waals surface area contributed by atoms with Crippen LogP contribution in [0.4, 0.5) is 5.82 Å². The zero-order valence-electron chi connectivity index (χ0n) is 15.1. The highest BCUT2D eigenvalue weighted by atomic mass is 15.4. The number of hydrogen-bond acceptors (Lipinski definition) is 5. The predicted octanol–water partition coefficient (Wildman–Crippen LogP) is 2.26. The van der Waals surface area contributed by atoms with Crippen LogP contribution < -0.4 is 4.90 Å². The van der Waals surface area contributed by atoms with Gasteiger partial charge in [-0.3, -0.25) is 0 Å². The van der Waals surface area contributed by atoms with Crippen molar-refractivity contribution in [3.05, 3.63) is 29.2 Å². The van der Waals surface area contributed by atoms with Crippen LogP contribution in [0.2, 0.25) is 0 Å². The molecule has 4 heterocycles. The Hall–Kier alpha value is -1.95. The van der Waals surface area contributed by atoms with Crippen molar-refractivity contribution in [1.82, 2.24) is 24.6 Å². The lowest BCUT2D eigenvalue weighted by Crippen LogP contribution is -2.64. The largest absolute Gasteiger partial charge is 0.351 e. The molecule has 0 aliphatic carbocycles. The van der Waals surface area contributed by atoms with Crippen LogP contribution in [-0.2, 0) is 0 Å². The molecule has 24 heavy (non-hydrogen) atoms. The van der Waals surface area contributed by atoms with Crippen LogP contribution in [-0.4, -0.2) is 56.9 Å². The molecule has 2 saturated heterocycles. The van der Waals surface area contributed by atoms with Gasteiger partial charge in [0.15, 0.2) is 0 Å². The predicted molar refractivity (Wildman–Crippen MR) is 94.8 cm³/mol. The summed E-state index contributed by atoms with van der Waals surface area (Å²) in [5.74, 6) is 1.74. The maximum absolute atomic E-state index is 4.87. The number of hydrogen-bond donors (Lipinski definition) is 0. The lowest BCUT2D eigenvalue weighted by Gasteiger charge is -2.57. The number of piperidine rings is 1. The number of nitrogens with zero attached hydrogens (tertiary/aromatic N) is 6. The quantitative estimate of drug-likeness (QED) is 0.847. The van der Waals surface area contributed by atoms with Crippen molar-refractivity contribution in [1.29, 1.82) is 0 Å². The number of rotatable bonds is 2. The average Bonchev–Trinajstić information content (AvgIpc) is 2.85. The van der Waals surface area contributed by atoms with E-state index < -0.39 is 0 Å². The molecule has 0 atom stereocenters. The highest BCUT2D eigenvalue weighted by Gasteiger charge is 2.46. The third kappa shape index (κ3) is 2.49. The second kappa shape index (κ2) is 5.55. The molecule has 6 heteroatoms. The first-order valence-corrected chi connectivity index (χ1v) is 8.82. The Morgan fingerprint density at radius 3 is 2.21 bits per heavy atom. The molecule has 4 rings (SSSR count). The SMILES string of the molecule is Cc1cc(N2CCC23CCN(C)CC3)nc(-n2nc(C)cc2C)n1. The first-order chi connectivity index (χ1) is 11.5. The van der Waals surface area contributed by atoms with Crippen LogP contribution in [0.5, 0.6) is 0 Å². The molecule has 2 aromatic rings. The summed E-state index contributed by atoms with van der Waals surface area (Å²) < 4.78 is 1.85. The summed E-state index contributed by atoms with van der Waals surface area (Å²) >= 11 is 0. The summed E-state index contributed by atoms with van der Waals surface area (Å²) in [7, 11) is 2.21. The molecule has 2 fully saturated rings. The van der Waals surface area contributed by atoms with Crippen molar-refractivity contribution in [3.63, 3.8) is 0 Å². The Morgan fingerprint density at radius 2 is 1.62 bits per heavy atom. The molecule has 0 unspecified atom stereocenters. The van der Waals surface area contributed by atoms with Gasteiger partial charge in [-0.15, -0.1) is 0 Å². The zero-order valence-corrected chi connectivity index (χ0v) is 15.1. The Labute approximate surface area is 143 Å². The third-order valence-corrected chi connectivity index (χ3v) is 5.60. The smallest absolute Gasteiger partial charge is 0.252 e. The van der Waals surface area contributed by atoms with E-state index in [1.165, 1.54) is 32.4 Å². The molecule has 1 spiro atoms. The molecule has 2 aliphatic rings. The normalized spacial score (nSPS) is 20.4. The zero-order chi connectivity index (χ0) is 16.9. The summed E-state index contributed by atoms with van der Waals surface area (Å²) in [6, 6.07) is 4.18. The maximum Gasteiger partial charge on any atom is 0.252 e. The van der Waals surface area contributed by atoms with Gasteiger partial charge < -0.3 is 9.80 Å². The molecule has 0 amide bonds. The van der Waals surface area contributed by atoms with Crippen molar-refractivity contribution < 1.29 is 0 Å². The minimum Gasteiger partial charge on any atom is -0.351 e. The second-order valence-corrected chi connectivity index (χ2v) is 7.44. The summed E-state index contributed by atoms with van der Waals surface area (Å²) in [4.78, 5) is 14.4. The average molecular weight is 326 g/mol. The monoisotopic (exact) mass is 326 g/mol. The topological polar surface area (TPSA) is 50.1 Å². The Balaban J connectivity index is 1.68. The molecule has 0 bridgehead atoms. The lowest BCUT2D eigenvalue weighted by atomic mass is 9.76. The van der Waals surface area contributed by atoms with E-state index in [2.05, 4.69) is 39.1 Å². The minimum atomic E-state index is 0.305. The highest BCUT2D eigenvalue weighted by Crippen LogP contribution is 2.42. The first-order valence-electron chi connectivity index (χ1n) is 8.82. The molecule has 2 aliphatic heterocycles. The summed E-state index contributed by atoms with van der Waals surface area (Å²) in [5, 5.41) is 4.55. The van der Waals surface area contributed by atoms with Crippen LogP contribution in [0.1, 0.15) is 36.3 Å². The molecule has 0 N–H and O–H groups in total. The van der Waals surface area contributed by atoms with Gasteiger partial charge in [0, 0.05) is 42.6 Å². The Kier molecular flexibility index (Phi) is 3.60. The van der Waals surface area contributed by atoms with Gasteiger partial charge in [-0.2, -0.15) is 10.1 Å². The van der Waals surface area contributed by atoms with Crippen molar-refractivity contribution in [2.24, 2.45) is 0 Å². The fraction of sp³-hybridized carbons (Fsp3) is 0.611. The molecule has 0 aromatic carbocycles. The van der Waals surface area contributed by atoms with Gasteiger partial charge in [0.25, 0.3) is 5.95 Å². The molecule has 0 radical (unpaired) electrons. The molecule has 6 nitrogen and oxygen atoms in total. The van der Waals surface area contributed by atoms with Crippen molar-refractivity contribution in [2.75, 3.05) is 31.6 Å². The van der Waals surface area contributed by atoms with E-state index >= 15 is 0 Å². The highest BCUT2D eigenvalue weighted by molar-refractivity contribution is 5.49. The van der Waals surface area contributed by atoms with E-state index in [9.17, 15) is 0 Å². The van der Waals surface area contributed by atoms with E-state index in [4.69, 9.17) is 4.98 Å². The van der Waals surface area contributed by atoms with E-state index in [-0.39, 0.29) is 0 Å². The van der Waals surface area contributed by atoms with Crippen molar-refractivity contribution >= 4 is 5.82 Å². The fourth-order valence-electron chi connectivity index (χ4n) is 4.05. The fourth-order valence-corrected chi connectivity index (χ4v) is 4.05. The van der Waals surface area contributed by atoms with E-state index in [1.807, 2.05) is 25.5 Å². The third-order valence-electron chi connectivity index (χ3n) is 5.60. The van der Waals surface area contributed by atoms with Gasteiger partial charge in [-0.25, -0.2) is 9.67 Å². The molecule has 2 aromatic heterocycles. The number of anilines is 1. The Bertz CT molecular complexity index is 757. The summed E-state index contributed by atoms with van der Waals surface area (Å²) in [6.07, 6.45) is 3.72. The van der Waals surface area contributed by atoms with Gasteiger partial charge in [-0.1, -0.05) is 0 Å². The minimum absolute atomic E-state index is 0.305. The van der Waals surface area contributed by atoms with E-state index in [0.717, 1.165) is 29.4 Å². The van der Waals surface area contributed by atoms with Gasteiger partial charge in [-0.05, 0) is 53.1 Å². The number of aromatic nitrogens is 4. The van der Waals surface area contributed by atoms with Gasteiger partial charge in [0.2, 0.25) is 0 Å². The maximum atomic E-state index is 4.87. The van der Waals surface area contributed by atoms with Crippen molar-refractivity contribution in [3.8, 4) is 5.95 Å². The van der Waals surface area contributed by atoms with Gasteiger partial charge >= 0.3 is 0 Å². The molecular weight excluding hydrogens is 300 g/mol.